The van der Waals surface area contributed by atoms with E-state index in [0.717, 1.165) is 0 Å². The molecule has 0 atom stereocenters. The summed E-state index contributed by atoms with van der Waals surface area (Å²) in [7, 11) is 0. The molecule has 4 N–H and O–H groups in total. The number of carbonyl (C=O) groups excluding carboxylic acids is 2. The van der Waals surface area contributed by atoms with Crippen LogP contribution in [0.4, 0.5) is 17.1 Å². The van der Waals surface area contributed by atoms with E-state index < -0.39 is 11.5 Å². The van der Waals surface area contributed by atoms with Gasteiger partial charge in [0.05, 0.1) is 28.7 Å². The molecule has 8 nitrogen and oxygen atoms in total. The molecule has 132 valence electrons. The maximum atomic E-state index is 12.1. The number of anilines is 3. The lowest BCUT2D eigenvalue weighted by atomic mass is 10.1. The molecule has 0 spiro atoms. The number of fused-ring (bicyclic) bond motifs is 2. The lowest BCUT2D eigenvalue weighted by molar-refractivity contribution is -0.129. The number of aromatic nitrogens is 2. The fourth-order valence-corrected chi connectivity index (χ4v) is 2.84. The van der Waals surface area contributed by atoms with Crippen LogP contribution in [0.1, 0.15) is 24.2 Å². The summed E-state index contributed by atoms with van der Waals surface area (Å²) < 4.78 is 7.37. The first-order chi connectivity index (χ1) is 12.3. The molecule has 26 heavy (non-hydrogen) atoms. The highest BCUT2D eigenvalue weighted by atomic mass is 16.5. The van der Waals surface area contributed by atoms with Gasteiger partial charge in [-0.15, -0.1) is 0 Å². The highest BCUT2D eigenvalue weighted by molar-refractivity contribution is 6.03. The van der Waals surface area contributed by atoms with Crippen molar-refractivity contribution in [1.82, 2.24) is 9.61 Å². The summed E-state index contributed by atoms with van der Waals surface area (Å²) >= 11 is 0. The highest BCUT2D eigenvalue weighted by Crippen LogP contribution is 2.36. The van der Waals surface area contributed by atoms with Crippen molar-refractivity contribution in [2.45, 2.75) is 19.4 Å². The molecule has 0 aliphatic carbocycles. The van der Waals surface area contributed by atoms with E-state index in [1.165, 1.54) is 6.20 Å². The van der Waals surface area contributed by atoms with Crippen molar-refractivity contribution in [1.29, 1.82) is 0 Å². The number of hydrogen-bond donors (Lipinski definition) is 3. The van der Waals surface area contributed by atoms with Gasteiger partial charge in [-0.25, -0.2) is 4.52 Å². The molecule has 0 radical (unpaired) electrons. The van der Waals surface area contributed by atoms with Gasteiger partial charge in [0.25, 0.3) is 11.8 Å². The third-order valence-electron chi connectivity index (χ3n) is 4.24. The first-order valence-electron chi connectivity index (χ1n) is 8.03. The Morgan fingerprint density at radius 3 is 2.92 bits per heavy atom. The molecule has 0 saturated heterocycles. The van der Waals surface area contributed by atoms with E-state index in [4.69, 9.17) is 10.5 Å². The van der Waals surface area contributed by atoms with Gasteiger partial charge >= 0.3 is 0 Å². The van der Waals surface area contributed by atoms with Gasteiger partial charge in [0.1, 0.15) is 5.75 Å². The predicted molar refractivity (Wildman–Crippen MR) is 96.8 cm³/mol. The Morgan fingerprint density at radius 2 is 2.15 bits per heavy atom. The molecule has 3 aromatic rings. The average molecular weight is 351 g/mol. The second-order valence-electron chi connectivity index (χ2n) is 6.54. The normalized spacial score (nSPS) is 15.1. The fraction of sp³-hybridized carbons (Fsp3) is 0.167. The first-order valence-corrected chi connectivity index (χ1v) is 8.03. The van der Waals surface area contributed by atoms with Gasteiger partial charge in [-0.3, -0.25) is 9.59 Å². The molecule has 1 aromatic carbocycles. The molecule has 2 aromatic heterocycles. The monoisotopic (exact) mass is 351 g/mol. The number of hydrogen-bond acceptors (Lipinski definition) is 5. The Hall–Kier alpha value is -3.55. The Balaban J connectivity index is 1.75. The lowest BCUT2D eigenvalue weighted by Crippen LogP contribution is -2.45. The SMILES string of the molecule is CC1(C)Oc2ccc(Nc3c(C(N)=O)cnn4cccc34)cc2NC1=O. The molecule has 1 aliphatic rings. The Labute approximate surface area is 148 Å². The van der Waals surface area contributed by atoms with Crippen molar-refractivity contribution >= 4 is 34.4 Å². The standard InChI is InChI=1S/C18H17N5O3/c1-18(2)17(25)22-12-8-10(5-6-14(12)26-18)21-15-11(16(19)24)9-20-23-7-3-4-13(15)23/h3-9,21H,1-2H3,(H2,19,24)(H,22,25). The highest BCUT2D eigenvalue weighted by Gasteiger charge is 2.35. The van der Waals surface area contributed by atoms with E-state index in [0.29, 0.717) is 28.3 Å². The maximum Gasteiger partial charge on any atom is 0.268 e. The summed E-state index contributed by atoms with van der Waals surface area (Å²) in [6.07, 6.45) is 3.19. The van der Waals surface area contributed by atoms with Gasteiger partial charge in [-0.1, -0.05) is 0 Å². The van der Waals surface area contributed by atoms with E-state index in [2.05, 4.69) is 15.7 Å². The van der Waals surface area contributed by atoms with E-state index >= 15 is 0 Å². The smallest absolute Gasteiger partial charge is 0.268 e. The Bertz CT molecular complexity index is 1050. The summed E-state index contributed by atoms with van der Waals surface area (Å²) in [6.45, 7) is 3.41. The van der Waals surface area contributed by atoms with Crippen LogP contribution in [0.5, 0.6) is 5.75 Å². The number of amides is 2. The summed E-state index contributed by atoms with van der Waals surface area (Å²) in [5.74, 6) is -0.226. The van der Waals surface area contributed by atoms with Crippen LogP contribution in [0.15, 0.2) is 42.7 Å². The van der Waals surface area contributed by atoms with Crippen molar-refractivity contribution in [3.05, 3.63) is 48.3 Å². The average Bonchev–Trinajstić information content (AvgIpc) is 3.05. The van der Waals surface area contributed by atoms with Crippen LogP contribution < -0.4 is 21.1 Å². The van der Waals surface area contributed by atoms with Crippen LogP contribution in [0.25, 0.3) is 5.52 Å². The Kier molecular flexibility index (Phi) is 3.36. The molecule has 0 bridgehead atoms. The summed E-state index contributed by atoms with van der Waals surface area (Å²) in [5.41, 5.74) is 7.31. The van der Waals surface area contributed by atoms with E-state index in [-0.39, 0.29) is 11.5 Å². The zero-order valence-electron chi connectivity index (χ0n) is 14.2. The second kappa shape index (κ2) is 5.48. The van der Waals surface area contributed by atoms with Gasteiger partial charge in [0, 0.05) is 11.9 Å². The zero-order chi connectivity index (χ0) is 18.5. The predicted octanol–water partition coefficient (Wildman–Crippen LogP) is 2.29. The van der Waals surface area contributed by atoms with Gasteiger partial charge in [-0.2, -0.15) is 5.10 Å². The lowest BCUT2D eigenvalue weighted by Gasteiger charge is -2.31. The third-order valence-corrected chi connectivity index (χ3v) is 4.24. The van der Waals surface area contributed by atoms with Gasteiger partial charge in [0.2, 0.25) is 0 Å². The fourth-order valence-electron chi connectivity index (χ4n) is 2.84. The van der Waals surface area contributed by atoms with Gasteiger partial charge in [-0.05, 0) is 44.2 Å². The maximum absolute atomic E-state index is 12.1. The molecule has 1 aliphatic heterocycles. The van der Waals surface area contributed by atoms with Crippen molar-refractivity contribution in [2.24, 2.45) is 5.73 Å². The Morgan fingerprint density at radius 1 is 1.35 bits per heavy atom. The molecule has 4 rings (SSSR count). The second-order valence-corrected chi connectivity index (χ2v) is 6.54. The van der Waals surface area contributed by atoms with Crippen molar-refractivity contribution in [2.75, 3.05) is 10.6 Å². The largest absolute Gasteiger partial charge is 0.476 e. The van der Waals surface area contributed by atoms with Crippen molar-refractivity contribution < 1.29 is 14.3 Å². The number of primary amides is 1. The van der Waals surface area contributed by atoms with E-state index in [1.54, 1.807) is 42.8 Å². The van der Waals surface area contributed by atoms with E-state index in [1.807, 2.05) is 12.1 Å². The summed E-state index contributed by atoms with van der Waals surface area (Å²) in [6, 6.07) is 8.96. The van der Waals surface area contributed by atoms with Crippen LogP contribution >= 0.6 is 0 Å². The molecule has 0 unspecified atom stereocenters. The number of rotatable bonds is 3. The first kappa shape index (κ1) is 15.9. The van der Waals surface area contributed by atoms with Crippen LogP contribution in [-0.4, -0.2) is 27.0 Å². The quantitative estimate of drug-likeness (QED) is 0.670. The molecule has 8 heteroatoms. The minimum atomic E-state index is -0.926. The number of nitrogens with one attached hydrogen (secondary N) is 2. The van der Waals surface area contributed by atoms with Gasteiger partial charge in [0.15, 0.2) is 5.60 Å². The summed E-state index contributed by atoms with van der Waals surface area (Å²) in [4.78, 5) is 23.9. The van der Waals surface area contributed by atoms with Crippen LogP contribution in [0, 0.1) is 0 Å². The molecule has 3 heterocycles. The molecule has 2 amide bonds. The van der Waals surface area contributed by atoms with Crippen molar-refractivity contribution in [3.8, 4) is 5.75 Å². The van der Waals surface area contributed by atoms with Crippen LogP contribution in [0.3, 0.4) is 0 Å². The minimum absolute atomic E-state index is 0.224. The van der Waals surface area contributed by atoms with Crippen LogP contribution in [0.2, 0.25) is 0 Å². The van der Waals surface area contributed by atoms with Gasteiger partial charge < -0.3 is 21.1 Å². The number of carbonyl (C=O) groups is 2. The molecule has 0 fully saturated rings. The van der Waals surface area contributed by atoms with Crippen molar-refractivity contribution in [3.63, 3.8) is 0 Å². The number of benzene rings is 1. The topological polar surface area (TPSA) is 111 Å². The summed E-state index contributed by atoms with van der Waals surface area (Å²) in [5, 5.41) is 10.2. The zero-order valence-corrected chi connectivity index (χ0v) is 14.2. The number of ether oxygens (including phenoxy) is 1. The van der Waals surface area contributed by atoms with Crippen LogP contribution in [-0.2, 0) is 4.79 Å². The molecular formula is C18H17N5O3. The third kappa shape index (κ3) is 2.52. The number of nitrogens with zero attached hydrogens (tertiary/aromatic N) is 2. The minimum Gasteiger partial charge on any atom is -0.476 e. The van der Waals surface area contributed by atoms with E-state index in [9.17, 15) is 9.59 Å². The number of nitrogens with two attached hydrogens (primary N) is 1. The molecule has 0 saturated carbocycles. The molecular weight excluding hydrogens is 334 g/mol.